The van der Waals surface area contributed by atoms with Crippen LogP contribution in [0.3, 0.4) is 0 Å². The number of amides is 1. The lowest BCUT2D eigenvalue weighted by Crippen LogP contribution is -2.32. The van der Waals surface area contributed by atoms with Crippen LogP contribution >= 0.6 is 12.2 Å². The predicted octanol–water partition coefficient (Wildman–Crippen LogP) is 1.99. The van der Waals surface area contributed by atoms with Crippen molar-refractivity contribution >= 4 is 39.9 Å². The van der Waals surface area contributed by atoms with E-state index in [9.17, 15) is 9.90 Å². The highest BCUT2D eigenvalue weighted by atomic mass is 32.1. The minimum atomic E-state index is -0.313. The topological polar surface area (TPSA) is 57.8 Å². The molecule has 1 aromatic heterocycles. The smallest absolute Gasteiger partial charge is 0.279 e. The SMILES string of the molecule is C=CCN1C(=O)C(c2c(O)n(C)c3ccccc23)=NC1=S. The summed E-state index contributed by atoms with van der Waals surface area (Å²) >= 11 is 5.11. The van der Waals surface area contributed by atoms with E-state index in [1.165, 1.54) is 4.90 Å². The van der Waals surface area contributed by atoms with Crippen molar-refractivity contribution in [2.75, 3.05) is 6.54 Å². The lowest BCUT2D eigenvalue weighted by atomic mass is 10.1. The standard InChI is InChI=1S/C15H13N3O2S/c1-3-8-18-14(20)12(16-15(18)21)11-9-6-4-5-7-10(9)17(2)13(11)19/h3-7,19H,1,8H2,2H3. The van der Waals surface area contributed by atoms with E-state index in [1.54, 1.807) is 17.7 Å². The molecule has 3 rings (SSSR count). The van der Waals surface area contributed by atoms with E-state index in [0.29, 0.717) is 12.1 Å². The van der Waals surface area contributed by atoms with Crippen molar-refractivity contribution in [3.63, 3.8) is 0 Å². The van der Waals surface area contributed by atoms with Gasteiger partial charge in [-0.25, -0.2) is 4.99 Å². The molecule has 0 aliphatic carbocycles. The Kier molecular flexibility index (Phi) is 3.10. The summed E-state index contributed by atoms with van der Waals surface area (Å²) in [5.74, 6) is -0.307. The molecule has 5 nitrogen and oxygen atoms in total. The van der Waals surface area contributed by atoms with Gasteiger partial charge in [-0.2, -0.15) is 0 Å². The molecule has 2 heterocycles. The first kappa shape index (κ1) is 13.5. The Morgan fingerprint density at radius 3 is 2.86 bits per heavy atom. The Labute approximate surface area is 126 Å². The minimum Gasteiger partial charge on any atom is -0.494 e. The quantitative estimate of drug-likeness (QED) is 0.696. The molecule has 0 saturated heterocycles. The Morgan fingerprint density at radius 1 is 1.43 bits per heavy atom. The Bertz CT molecular complexity index is 820. The fraction of sp³-hybridized carbons (Fsp3) is 0.133. The summed E-state index contributed by atoms with van der Waals surface area (Å²) in [7, 11) is 1.74. The van der Waals surface area contributed by atoms with E-state index in [2.05, 4.69) is 11.6 Å². The summed E-state index contributed by atoms with van der Waals surface area (Å²) in [6.07, 6.45) is 1.59. The van der Waals surface area contributed by atoms with Gasteiger partial charge in [0.1, 0.15) is 5.71 Å². The second-order valence-corrected chi connectivity index (χ2v) is 5.09. The normalized spacial score (nSPS) is 14.9. The highest BCUT2D eigenvalue weighted by Crippen LogP contribution is 2.32. The van der Waals surface area contributed by atoms with Crippen LogP contribution in [0.1, 0.15) is 5.56 Å². The number of carbonyl (C=O) groups is 1. The van der Waals surface area contributed by atoms with Gasteiger partial charge in [-0.1, -0.05) is 24.3 Å². The maximum absolute atomic E-state index is 12.5. The van der Waals surface area contributed by atoms with Crippen LogP contribution in [0.4, 0.5) is 0 Å². The second kappa shape index (κ2) is 4.82. The molecule has 0 unspecified atom stereocenters. The summed E-state index contributed by atoms with van der Waals surface area (Å²) in [5.41, 5.74) is 1.43. The van der Waals surface area contributed by atoms with E-state index in [4.69, 9.17) is 12.2 Å². The molecular weight excluding hydrogens is 286 g/mol. The molecule has 21 heavy (non-hydrogen) atoms. The van der Waals surface area contributed by atoms with Crippen LogP contribution in [0.5, 0.6) is 5.88 Å². The van der Waals surface area contributed by atoms with Gasteiger partial charge < -0.3 is 9.67 Å². The predicted molar refractivity (Wildman–Crippen MR) is 85.6 cm³/mol. The zero-order valence-corrected chi connectivity index (χ0v) is 12.2. The summed E-state index contributed by atoms with van der Waals surface area (Å²) in [4.78, 5) is 18.0. The van der Waals surface area contributed by atoms with E-state index in [1.807, 2.05) is 24.3 Å². The van der Waals surface area contributed by atoms with Gasteiger partial charge in [0.05, 0.1) is 11.1 Å². The average molecular weight is 299 g/mol. The van der Waals surface area contributed by atoms with Crippen LogP contribution in [0.25, 0.3) is 10.9 Å². The number of hydrogen-bond acceptors (Lipinski definition) is 3. The zero-order chi connectivity index (χ0) is 15.1. The number of aryl methyl sites for hydroxylation is 1. The molecule has 2 aromatic rings. The van der Waals surface area contributed by atoms with Crippen LogP contribution in [-0.4, -0.2) is 37.8 Å². The van der Waals surface area contributed by atoms with Gasteiger partial charge in [0.25, 0.3) is 5.91 Å². The van der Waals surface area contributed by atoms with Crippen molar-refractivity contribution in [3.8, 4) is 5.88 Å². The van der Waals surface area contributed by atoms with Crippen LogP contribution in [0, 0.1) is 0 Å². The number of carbonyl (C=O) groups excluding carboxylic acids is 1. The molecule has 0 spiro atoms. The van der Waals surface area contributed by atoms with Crippen molar-refractivity contribution in [3.05, 3.63) is 42.5 Å². The molecule has 1 aliphatic rings. The van der Waals surface area contributed by atoms with Crippen molar-refractivity contribution in [2.45, 2.75) is 0 Å². The van der Waals surface area contributed by atoms with Gasteiger partial charge in [-0.15, -0.1) is 6.58 Å². The Morgan fingerprint density at radius 2 is 2.14 bits per heavy atom. The van der Waals surface area contributed by atoms with Crippen molar-refractivity contribution in [1.82, 2.24) is 9.47 Å². The number of aromatic nitrogens is 1. The van der Waals surface area contributed by atoms with Crippen LogP contribution in [-0.2, 0) is 11.8 Å². The van der Waals surface area contributed by atoms with Crippen molar-refractivity contribution in [1.29, 1.82) is 0 Å². The zero-order valence-electron chi connectivity index (χ0n) is 11.4. The second-order valence-electron chi connectivity index (χ2n) is 4.72. The summed E-state index contributed by atoms with van der Waals surface area (Å²) in [6, 6.07) is 7.45. The summed E-state index contributed by atoms with van der Waals surface area (Å²) < 4.78 is 1.62. The van der Waals surface area contributed by atoms with Gasteiger partial charge in [0.2, 0.25) is 11.0 Å². The van der Waals surface area contributed by atoms with Gasteiger partial charge in [-0.3, -0.25) is 9.69 Å². The first-order valence-electron chi connectivity index (χ1n) is 6.38. The monoisotopic (exact) mass is 299 g/mol. The van der Waals surface area contributed by atoms with E-state index in [-0.39, 0.29) is 22.6 Å². The lowest BCUT2D eigenvalue weighted by Gasteiger charge is -2.11. The molecule has 0 atom stereocenters. The third kappa shape index (κ3) is 1.87. The molecule has 0 saturated carbocycles. The molecule has 0 fully saturated rings. The van der Waals surface area contributed by atoms with E-state index >= 15 is 0 Å². The molecule has 1 aromatic carbocycles. The van der Waals surface area contributed by atoms with Gasteiger partial charge in [0, 0.05) is 19.0 Å². The number of benzene rings is 1. The Balaban J connectivity index is 2.21. The first-order valence-corrected chi connectivity index (χ1v) is 6.79. The van der Waals surface area contributed by atoms with Crippen LogP contribution in [0.2, 0.25) is 0 Å². The van der Waals surface area contributed by atoms with Gasteiger partial charge in [-0.05, 0) is 18.3 Å². The van der Waals surface area contributed by atoms with Crippen molar-refractivity contribution in [2.24, 2.45) is 12.0 Å². The number of hydrogen-bond donors (Lipinski definition) is 1. The maximum Gasteiger partial charge on any atom is 0.279 e. The van der Waals surface area contributed by atoms with Crippen LogP contribution < -0.4 is 0 Å². The number of para-hydroxylation sites is 1. The molecule has 0 bridgehead atoms. The van der Waals surface area contributed by atoms with Crippen molar-refractivity contribution < 1.29 is 9.90 Å². The van der Waals surface area contributed by atoms with Crippen LogP contribution in [0.15, 0.2) is 41.9 Å². The highest BCUT2D eigenvalue weighted by molar-refractivity contribution is 7.80. The molecule has 106 valence electrons. The average Bonchev–Trinajstić information content (AvgIpc) is 2.89. The highest BCUT2D eigenvalue weighted by Gasteiger charge is 2.34. The molecule has 1 aliphatic heterocycles. The Hall–Kier alpha value is -2.47. The summed E-state index contributed by atoms with van der Waals surface area (Å²) in [5, 5.41) is 11.3. The lowest BCUT2D eigenvalue weighted by molar-refractivity contribution is -0.119. The summed E-state index contributed by atoms with van der Waals surface area (Å²) in [6.45, 7) is 3.91. The van der Waals surface area contributed by atoms with Gasteiger partial charge in [0.15, 0.2) is 0 Å². The number of nitrogens with zero attached hydrogens (tertiary/aromatic N) is 3. The largest absolute Gasteiger partial charge is 0.494 e. The fourth-order valence-corrected chi connectivity index (χ4v) is 2.73. The molecular formula is C15H13N3O2S. The third-order valence-corrected chi connectivity index (χ3v) is 3.82. The fourth-order valence-electron chi connectivity index (χ4n) is 2.48. The minimum absolute atomic E-state index is 0.00607. The molecule has 0 radical (unpaired) electrons. The molecule has 1 amide bonds. The molecule has 6 heteroatoms. The van der Waals surface area contributed by atoms with E-state index < -0.39 is 0 Å². The van der Waals surface area contributed by atoms with E-state index in [0.717, 1.165) is 10.9 Å². The number of thiocarbonyl (C=S) groups is 1. The molecule has 1 N–H and O–H groups in total. The first-order chi connectivity index (χ1) is 10.1. The number of rotatable bonds is 3. The third-order valence-electron chi connectivity index (χ3n) is 3.51. The maximum atomic E-state index is 12.5. The number of aliphatic imine (C=N–C) groups is 1. The number of aromatic hydroxyl groups is 1. The van der Waals surface area contributed by atoms with Gasteiger partial charge >= 0.3 is 0 Å². The number of fused-ring (bicyclic) bond motifs is 1.